The molecule has 1 aromatic rings. The summed E-state index contributed by atoms with van der Waals surface area (Å²) in [6, 6.07) is 7.26. The van der Waals surface area contributed by atoms with Gasteiger partial charge in [0.2, 0.25) is 5.91 Å². The Morgan fingerprint density at radius 3 is 2.70 bits per heavy atom. The molecule has 0 spiro atoms. The Hall–Kier alpha value is -1.55. The molecule has 0 fully saturated rings. The first kappa shape index (κ1) is 16.5. The molecule has 0 heterocycles. The molecule has 3 N–H and O–H groups in total. The van der Waals surface area contributed by atoms with Gasteiger partial charge >= 0.3 is 0 Å². The fraction of sp³-hybridized carbons (Fsp3) is 0.562. The zero-order valence-corrected chi connectivity index (χ0v) is 12.9. The topological polar surface area (TPSA) is 64.3 Å². The highest BCUT2D eigenvalue weighted by atomic mass is 16.5. The van der Waals surface area contributed by atoms with E-state index >= 15 is 0 Å². The average molecular weight is 278 g/mol. The van der Waals surface area contributed by atoms with Crippen LogP contribution in [0.1, 0.15) is 40.5 Å². The minimum atomic E-state index is -0.120. The number of carbonyl (C=O) groups excluding carboxylic acids is 1. The highest BCUT2D eigenvalue weighted by Crippen LogP contribution is 2.22. The molecule has 1 aromatic carbocycles. The van der Waals surface area contributed by atoms with Crippen molar-refractivity contribution in [3.05, 3.63) is 24.3 Å². The molecule has 4 heteroatoms. The number of nitrogens with two attached hydrogens (primary N) is 1. The zero-order chi connectivity index (χ0) is 15.2. The van der Waals surface area contributed by atoms with E-state index in [1.807, 2.05) is 31.2 Å². The van der Waals surface area contributed by atoms with E-state index in [2.05, 4.69) is 26.1 Å². The minimum Gasteiger partial charge on any atom is -0.494 e. The van der Waals surface area contributed by atoms with Crippen LogP contribution in [-0.2, 0) is 4.79 Å². The van der Waals surface area contributed by atoms with Crippen LogP contribution in [0.25, 0.3) is 0 Å². The van der Waals surface area contributed by atoms with Gasteiger partial charge in [-0.15, -0.1) is 0 Å². The maximum Gasteiger partial charge on any atom is 0.225 e. The van der Waals surface area contributed by atoms with E-state index in [0.29, 0.717) is 13.0 Å². The Bertz CT molecular complexity index is 438. The Labute approximate surface area is 121 Å². The molecule has 112 valence electrons. The van der Waals surface area contributed by atoms with E-state index in [0.717, 1.165) is 17.9 Å². The zero-order valence-electron chi connectivity index (χ0n) is 12.9. The number of anilines is 1. The van der Waals surface area contributed by atoms with Crippen molar-refractivity contribution in [3.63, 3.8) is 0 Å². The fourth-order valence-electron chi connectivity index (χ4n) is 2.14. The summed E-state index contributed by atoms with van der Waals surface area (Å²) in [6.07, 6.45) is 1.15. The molecule has 20 heavy (non-hydrogen) atoms. The molecule has 0 aliphatic carbocycles. The van der Waals surface area contributed by atoms with Gasteiger partial charge in [-0.3, -0.25) is 4.79 Å². The molecule has 1 atom stereocenters. The summed E-state index contributed by atoms with van der Waals surface area (Å²) in [5.74, 6) is 0.694. The summed E-state index contributed by atoms with van der Waals surface area (Å²) in [7, 11) is 0. The van der Waals surface area contributed by atoms with Crippen molar-refractivity contribution in [1.82, 2.24) is 0 Å². The van der Waals surface area contributed by atoms with Gasteiger partial charge in [0.15, 0.2) is 0 Å². The van der Waals surface area contributed by atoms with Gasteiger partial charge in [0.05, 0.1) is 6.61 Å². The smallest absolute Gasteiger partial charge is 0.225 e. The molecule has 1 unspecified atom stereocenters. The highest BCUT2D eigenvalue weighted by Gasteiger charge is 2.18. The minimum absolute atomic E-state index is 0.0598. The predicted octanol–water partition coefficient (Wildman–Crippen LogP) is 3.18. The van der Waals surface area contributed by atoms with Crippen LogP contribution >= 0.6 is 0 Å². The van der Waals surface area contributed by atoms with Gasteiger partial charge in [-0.2, -0.15) is 0 Å². The van der Waals surface area contributed by atoms with E-state index in [1.54, 1.807) is 0 Å². The molecule has 0 saturated heterocycles. The molecule has 0 saturated carbocycles. The summed E-state index contributed by atoms with van der Waals surface area (Å²) in [5.41, 5.74) is 6.88. The molecule has 4 nitrogen and oxygen atoms in total. The van der Waals surface area contributed by atoms with Crippen molar-refractivity contribution < 1.29 is 9.53 Å². The van der Waals surface area contributed by atoms with Crippen LogP contribution in [0.15, 0.2) is 24.3 Å². The number of benzene rings is 1. The maximum absolute atomic E-state index is 11.9. The lowest BCUT2D eigenvalue weighted by molar-refractivity contribution is -0.116. The van der Waals surface area contributed by atoms with Crippen LogP contribution in [-0.4, -0.2) is 18.6 Å². The SMILES string of the molecule is CCOc1cccc(NC(=O)CC(N)CC(C)(C)C)c1. The van der Waals surface area contributed by atoms with Crippen molar-refractivity contribution in [1.29, 1.82) is 0 Å². The van der Waals surface area contributed by atoms with Crippen molar-refractivity contribution >= 4 is 11.6 Å². The number of hydrogen-bond donors (Lipinski definition) is 2. The second-order valence-electron chi connectivity index (χ2n) is 6.24. The number of nitrogens with one attached hydrogen (secondary N) is 1. The van der Waals surface area contributed by atoms with Gasteiger partial charge in [0.25, 0.3) is 0 Å². The fourth-order valence-corrected chi connectivity index (χ4v) is 2.14. The largest absolute Gasteiger partial charge is 0.494 e. The van der Waals surface area contributed by atoms with E-state index in [-0.39, 0.29) is 17.4 Å². The first-order chi connectivity index (χ1) is 9.30. The van der Waals surface area contributed by atoms with Gasteiger partial charge < -0.3 is 15.8 Å². The first-order valence-corrected chi connectivity index (χ1v) is 7.08. The summed E-state index contributed by atoms with van der Waals surface area (Å²) in [6.45, 7) is 8.90. The normalized spacial score (nSPS) is 12.8. The second-order valence-corrected chi connectivity index (χ2v) is 6.24. The number of ether oxygens (including phenoxy) is 1. The van der Waals surface area contributed by atoms with Gasteiger partial charge in [-0.05, 0) is 30.9 Å². The average Bonchev–Trinajstić information content (AvgIpc) is 2.26. The predicted molar refractivity (Wildman–Crippen MR) is 82.9 cm³/mol. The summed E-state index contributed by atoms with van der Waals surface area (Å²) >= 11 is 0. The monoisotopic (exact) mass is 278 g/mol. The van der Waals surface area contributed by atoms with Crippen molar-refractivity contribution in [2.24, 2.45) is 11.1 Å². The molecule has 1 rings (SSSR count). The Morgan fingerprint density at radius 1 is 1.40 bits per heavy atom. The van der Waals surface area contributed by atoms with Crippen LogP contribution in [0, 0.1) is 5.41 Å². The molecule has 0 bridgehead atoms. The summed E-state index contributed by atoms with van der Waals surface area (Å²) in [5, 5.41) is 2.86. The van der Waals surface area contributed by atoms with Crippen molar-refractivity contribution in [3.8, 4) is 5.75 Å². The molecule has 0 aliphatic heterocycles. The maximum atomic E-state index is 11.9. The van der Waals surface area contributed by atoms with Crippen molar-refractivity contribution in [2.75, 3.05) is 11.9 Å². The third-order valence-electron chi connectivity index (χ3n) is 2.75. The highest BCUT2D eigenvalue weighted by molar-refractivity contribution is 5.91. The van der Waals surface area contributed by atoms with Crippen LogP contribution in [0.2, 0.25) is 0 Å². The molecule has 0 radical (unpaired) electrons. The third-order valence-corrected chi connectivity index (χ3v) is 2.75. The summed E-state index contributed by atoms with van der Waals surface area (Å²) < 4.78 is 5.40. The Morgan fingerprint density at radius 2 is 2.10 bits per heavy atom. The lowest BCUT2D eigenvalue weighted by Gasteiger charge is -2.22. The van der Waals surface area contributed by atoms with Crippen LogP contribution in [0.3, 0.4) is 0 Å². The third kappa shape index (κ3) is 6.57. The number of rotatable bonds is 6. The van der Waals surface area contributed by atoms with Crippen LogP contribution in [0.4, 0.5) is 5.69 Å². The Balaban J connectivity index is 2.51. The quantitative estimate of drug-likeness (QED) is 0.840. The van der Waals surface area contributed by atoms with Crippen molar-refractivity contribution in [2.45, 2.75) is 46.6 Å². The number of hydrogen-bond acceptors (Lipinski definition) is 3. The molecule has 0 aromatic heterocycles. The summed E-state index contributed by atoms with van der Waals surface area (Å²) in [4.78, 5) is 11.9. The standard InChI is InChI=1S/C16H26N2O2/c1-5-20-14-8-6-7-13(10-14)18-15(19)9-12(17)11-16(2,3)4/h6-8,10,12H,5,9,11,17H2,1-4H3,(H,18,19). The van der Waals surface area contributed by atoms with E-state index in [9.17, 15) is 4.79 Å². The number of amides is 1. The van der Waals surface area contributed by atoms with E-state index < -0.39 is 0 Å². The van der Waals surface area contributed by atoms with Gasteiger partial charge in [0.1, 0.15) is 5.75 Å². The number of carbonyl (C=O) groups is 1. The lowest BCUT2D eigenvalue weighted by atomic mass is 9.87. The van der Waals surface area contributed by atoms with E-state index in [1.165, 1.54) is 0 Å². The van der Waals surface area contributed by atoms with Gasteiger partial charge in [0, 0.05) is 24.2 Å². The molecule has 1 amide bonds. The van der Waals surface area contributed by atoms with Crippen LogP contribution in [0.5, 0.6) is 5.75 Å². The van der Waals surface area contributed by atoms with Crippen LogP contribution < -0.4 is 15.8 Å². The molecular weight excluding hydrogens is 252 g/mol. The van der Waals surface area contributed by atoms with Gasteiger partial charge in [-0.25, -0.2) is 0 Å². The van der Waals surface area contributed by atoms with Gasteiger partial charge in [-0.1, -0.05) is 26.8 Å². The van der Waals surface area contributed by atoms with E-state index in [4.69, 9.17) is 10.5 Å². The lowest BCUT2D eigenvalue weighted by Crippen LogP contribution is -2.31. The molecule has 0 aliphatic rings. The first-order valence-electron chi connectivity index (χ1n) is 7.08. The molecular formula is C16H26N2O2. The second kappa shape index (κ2) is 7.29. The Kier molecular flexibility index (Phi) is 6.02.